The molecule has 0 saturated carbocycles. The number of carbonyl (C=O) groups is 3. The van der Waals surface area contributed by atoms with Crippen LogP contribution in [0.2, 0.25) is 0 Å². The lowest BCUT2D eigenvalue weighted by atomic mass is 10.0. The van der Waals surface area contributed by atoms with Crippen molar-refractivity contribution >= 4 is 17.9 Å². The molecule has 0 rings (SSSR count). The third-order valence-electron chi connectivity index (χ3n) is 11.5. The quantitative estimate of drug-likeness (QED) is 0.0346. The van der Waals surface area contributed by atoms with Crippen LogP contribution in [-0.2, 0) is 28.6 Å². The summed E-state index contributed by atoms with van der Waals surface area (Å²) in [4.78, 5) is 37.9. The first-order chi connectivity index (χ1) is 27.7. The third-order valence-corrected chi connectivity index (χ3v) is 11.5. The molecule has 0 amide bonds. The molecule has 57 heavy (non-hydrogen) atoms. The van der Waals surface area contributed by atoms with Gasteiger partial charge in [-0.3, -0.25) is 14.4 Å². The predicted molar refractivity (Wildman–Crippen MR) is 243 cm³/mol. The Balaban J connectivity index is 4.32. The molecule has 0 bridgehead atoms. The molecule has 1 atom stereocenters. The van der Waals surface area contributed by atoms with Gasteiger partial charge in [-0.15, -0.1) is 0 Å². The van der Waals surface area contributed by atoms with Crippen LogP contribution < -0.4 is 0 Å². The smallest absolute Gasteiger partial charge is 0.306 e. The van der Waals surface area contributed by atoms with Gasteiger partial charge in [-0.1, -0.05) is 240 Å². The first-order valence-electron chi connectivity index (χ1n) is 25.2. The van der Waals surface area contributed by atoms with Crippen molar-refractivity contribution in [3.05, 3.63) is 0 Å². The van der Waals surface area contributed by atoms with Gasteiger partial charge in [0.25, 0.3) is 0 Å². The summed E-state index contributed by atoms with van der Waals surface area (Å²) in [6.45, 7) is 11.3. The molecule has 338 valence electrons. The highest BCUT2D eigenvalue weighted by Crippen LogP contribution is 2.17. The zero-order valence-electron chi connectivity index (χ0n) is 39.0. The minimum absolute atomic E-state index is 0.0641. The van der Waals surface area contributed by atoms with Crippen LogP contribution >= 0.6 is 0 Å². The highest BCUT2D eigenvalue weighted by atomic mass is 16.6. The van der Waals surface area contributed by atoms with E-state index in [0.29, 0.717) is 19.3 Å². The highest BCUT2D eigenvalue weighted by molar-refractivity contribution is 5.71. The van der Waals surface area contributed by atoms with Gasteiger partial charge in [0.15, 0.2) is 6.10 Å². The standard InChI is InChI=1S/C51H98O6/c1-6-7-8-9-10-11-12-13-16-22-28-33-38-43-51(54)57-48(45-56-50(53)42-37-32-27-23-18-20-25-30-35-40-47(4)5)44-55-49(52)41-36-31-26-21-17-14-15-19-24-29-34-39-46(2)3/h46-48H,6-45H2,1-5H3/t48-/m0/s1. The van der Waals surface area contributed by atoms with Crippen molar-refractivity contribution in [2.75, 3.05) is 13.2 Å². The van der Waals surface area contributed by atoms with Crippen molar-refractivity contribution < 1.29 is 28.6 Å². The Hall–Kier alpha value is -1.59. The minimum Gasteiger partial charge on any atom is -0.462 e. The molecule has 0 N–H and O–H groups in total. The van der Waals surface area contributed by atoms with Crippen molar-refractivity contribution in [3.8, 4) is 0 Å². The third kappa shape index (κ3) is 45.3. The van der Waals surface area contributed by atoms with E-state index >= 15 is 0 Å². The van der Waals surface area contributed by atoms with Gasteiger partial charge in [-0.25, -0.2) is 0 Å². The number of hydrogen-bond acceptors (Lipinski definition) is 6. The number of carbonyl (C=O) groups excluding carboxylic acids is 3. The van der Waals surface area contributed by atoms with Gasteiger partial charge in [-0.2, -0.15) is 0 Å². The first kappa shape index (κ1) is 55.4. The normalized spacial score (nSPS) is 12.1. The van der Waals surface area contributed by atoms with E-state index in [0.717, 1.165) is 69.6 Å². The lowest BCUT2D eigenvalue weighted by molar-refractivity contribution is -0.167. The van der Waals surface area contributed by atoms with Crippen molar-refractivity contribution in [1.82, 2.24) is 0 Å². The summed E-state index contributed by atoms with van der Waals surface area (Å²) in [5.74, 6) is 0.785. The molecule has 0 aliphatic rings. The monoisotopic (exact) mass is 807 g/mol. The Kier molecular flexibility index (Phi) is 42.7. The minimum atomic E-state index is -0.761. The molecule has 0 aromatic carbocycles. The average molecular weight is 807 g/mol. The summed E-state index contributed by atoms with van der Waals surface area (Å²) in [5, 5.41) is 0. The fourth-order valence-corrected chi connectivity index (χ4v) is 7.64. The van der Waals surface area contributed by atoms with Gasteiger partial charge in [0.1, 0.15) is 13.2 Å². The first-order valence-corrected chi connectivity index (χ1v) is 25.2. The maximum atomic E-state index is 12.8. The fraction of sp³-hybridized carbons (Fsp3) is 0.941. The van der Waals surface area contributed by atoms with Crippen molar-refractivity contribution in [2.45, 2.75) is 285 Å². The van der Waals surface area contributed by atoms with E-state index < -0.39 is 6.10 Å². The van der Waals surface area contributed by atoms with E-state index in [1.807, 2.05) is 0 Å². The van der Waals surface area contributed by atoms with Crippen LogP contribution in [0.4, 0.5) is 0 Å². The van der Waals surface area contributed by atoms with Crippen molar-refractivity contribution in [2.24, 2.45) is 11.8 Å². The highest BCUT2D eigenvalue weighted by Gasteiger charge is 2.19. The number of rotatable bonds is 45. The number of hydrogen-bond donors (Lipinski definition) is 0. The molecule has 0 saturated heterocycles. The molecule has 0 unspecified atom stereocenters. The topological polar surface area (TPSA) is 78.9 Å². The Bertz CT molecular complexity index is 870. The van der Waals surface area contributed by atoms with Crippen LogP contribution in [0.15, 0.2) is 0 Å². The van der Waals surface area contributed by atoms with Gasteiger partial charge >= 0.3 is 17.9 Å². The number of esters is 3. The summed E-state index contributed by atoms with van der Waals surface area (Å²) < 4.78 is 16.8. The van der Waals surface area contributed by atoms with Gasteiger partial charge in [0.05, 0.1) is 0 Å². The Labute approximate surface area is 355 Å². The molecule has 0 heterocycles. The molecule has 0 aliphatic carbocycles. The summed E-state index contributed by atoms with van der Waals surface area (Å²) in [7, 11) is 0. The number of ether oxygens (including phenoxy) is 3. The lowest BCUT2D eigenvalue weighted by Crippen LogP contribution is -2.30. The van der Waals surface area contributed by atoms with Crippen LogP contribution in [0.1, 0.15) is 279 Å². The SMILES string of the molecule is CCCCCCCCCCCCCCCC(=O)O[C@@H](COC(=O)CCCCCCCCCCCCCC(C)C)COC(=O)CCCCCCCCCCCC(C)C. The van der Waals surface area contributed by atoms with Gasteiger partial charge in [-0.05, 0) is 31.1 Å². The van der Waals surface area contributed by atoms with E-state index in [4.69, 9.17) is 14.2 Å². The van der Waals surface area contributed by atoms with Crippen molar-refractivity contribution in [1.29, 1.82) is 0 Å². The zero-order valence-corrected chi connectivity index (χ0v) is 39.0. The molecule has 0 radical (unpaired) electrons. The summed E-state index contributed by atoms with van der Waals surface area (Å²) in [6.07, 6.45) is 43.7. The Morgan fingerprint density at radius 3 is 0.860 bits per heavy atom. The largest absolute Gasteiger partial charge is 0.462 e. The zero-order chi connectivity index (χ0) is 41.9. The molecule has 0 aromatic rings. The second-order valence-corrected chi connectivity index (χ2v) is 18.4. The van der Waals surface area contributed by atoms with E-state index in [9.17, 15) is 14.4 Å². The van der Waals surface area contributed by atoms with E-state index in [1.165, 1.54) is 167 Å². The molecular weight excluding hydrogens is 709 g/mol. The van der Waals surface area contributed by atoms with Crippen molar-refractivity contribution in [3.63, 3.8) is 0 Å². The van der Waals surface area contributed by atoms with Gasteiger partial charge < -0.3 is 14.2 Å². The molecule has 0 aromatic heterocycles. The van der Waals surface area contributed by atoms with Crippen LogP contribution in [0.25, 0.3) is 0 Å². The molecular formula is C51H98O6. The number of unbranched alkanes of at least 4 members (excludes halogenated alkanes) is 30. The lowest BCUT2D eigenvalue weighted by Gasteiger charge is -2.18. The summed E-state index contributed by atoms with van der Waals surface area (Å²) in [5.41, 5.74) is 0. The van der Waals surface area contributed by atoms with Crippen LogP contribution in [0, 0.1) is 11.8 Å². The maximum absolute atomic E-state index is 12.8. The molecule has 0 aliphatic heterocycles. The van der Waals surface area contributed by atoms with Gasteiger partial charge in [0, 0.05) is 19.3 Å². The van der Waals surface area contributed by atoms with Gasteiger partial charge in [0.2, 0.25) is 0 Å². The molecule has 0 spiro atoms. The Morgan fingerprint density at radius 1 is 0.333 bits per heavy atom. The van der Waals surface area contributed by atoms with E-state index in [1.54, 1.807) is 0 Å². The maximum Gasteiger partial charge on any atom is 0.306 e. The molecule has 6 nitrogen and oxygen atoms in total. The second kappa shape index (κ2) is 44.0. The van der Waals surface area contributed by atoms with E-state index in [2.05, 4.69) is 34.6 Å². The summed E-state index contributed by atoms with van der Waals surface area (Å²) in [6, 6.07) is 0. The van der Waals surface area contributed by atoms with Crippen LogP contribution in [0.3, 0.4) is 0 Å². The summed E-state index contributed by atoms with van der Waals surface area (Å²) >= 11 is 0. The predicted octanol–water partition coefficient (Wildman–Crippen LogP) is 16.1. The fourth-order valence-electron chi connectivity index (χ4n) is 7.64. The molecule has 0 fully saturated rings. The van der Waals surface area contributed by atoms with Crippen LogP contribution in [0.5, 0.6) is 0 Å². The van der Waals surface area contributed by atoms with Crippen LogP contribution in [-0.4, -0.2) is 37.2 Å². The average Bonchev–Trinajstić information content (AvgIpc) is 3.18. The van der Waals surface area contributed by atoms with E-state index in [-0.39, 0.29) is 31.1 Å². The molecule has 6 heteroatoms. The Morgan fingerprint density at radius 2 is 0.579 bits per heavy atom. The second-order valence-electron chi connectivity index (χ2n) is 18.4.